The topological polar surface area (TPSA) is 119 Å². The summed E-state index contributed by atoms with van der Waals surface area (Å²) in [4.78, 5) is 0. The fourth-order valence-corrected chi connectivity index (χ4v) is 4.44. The van der Waals surface area contributed by atoms with Crippen molar-refractivity contribution in [2.75, 3.05) is 0 Å². The van der Waals surface area contributed by atoms with Crippen LogP contribution in [0, 0.1) is 46.0 Å². The van der Waals surface area contributed by atoms with Crippen molar-refractivity contribution < 1.29 is 66.9 Å². The van der Waals surface area contributed by atoms with Crippen molar-refractivity contribution in [3.8, 4) is 0 Å². The number of hydrogen-bond donors (Lipinski definition) is 0. The van der Waals surface area contributed by atoms with Gasteiger partial charge in [-0.15, -0.1) is 29.8 Å². The minimum Gasteiger partial charge on any atom is -0.0622 e. The van der Waals surface area contributed by atoms with Crippen molar-refractivity contribution in [3.05, 3.63) is 220 Å². The van der Waals surface area contributed by atoms with Crippen molar-refractivity contribution in [1.82, 2.24) is 0 Å². The summed E-state index contributed by atoms with van der Waals surface area (Å²) in [7, 11) is 0.777. The Hall–Kier alpha value is -4.26. The van der Waals surface area contributed by atoms with E-state index in [0.29, 0.717) is 0 Å². The Morgan fingerprint density at radius 2 is 0.667 bits per heavy atom. The van der Waals surface area contributed by atoms with E-state index in [-0.39, 0.29) is 39.0 Å². The maximum Gasteiger partial charge on any atom is 1.00 e. The first-order valence-corrected chi connectivity index (χ1v) is 13.5. The molecule has 0 aliphatic heterocycles. The predicted molar refractivity (Wildman–Crippen MR) is 172 cm³/mol. The first-order valence-electron chi connectivity index (χ1n) is 12.5. The summed E-state index contributed by atoms with van der Waals surface area (Å²) in [6, 6.07) is 51.9. The molecule has 0 N–H and O–H groups in total. The van der Waals surface area contributed by atoms with Gasteiger partial charge in [0.15, 0.2) is 0 Å². The van der Waals surface area contributed by atoms with E-state index in [0.717, 1.165) is 30.8 Å². The maximum absolute atomic E-state index is 7.50. The standard InChI is InChI=1S/C21H15.C12H11P.6CO.2Ru/c1-4-10-18(11-5-1)16-17-21(19-12-6-2-7-13-19)20-14-8-3-9-15-20;1-3-7-11(8-4-1)13-12-9-5-2-6-10-12;6*1-2;;/h1-15H;1-10,13H;;;;;;;;/q-1;;;;;;;;;+1. The van der Waals surface area contributed by atoms with Crippen LogP contribution >= 0.6 is 8.58 Å². The summed E-state index contributed by atoms with van der Waals surface area (Å²) in [5.74, 6) is 0. The van der Waals surface area contributed by atoms with E-state index in [1.165, 1.54) is 10.6 Å². The van der Waals surface area contributed by atoms with Crippen LogP contribution in [0.15, 0.2) is 157 Å². The smallest absolute Gasteiger partial charge is 0.0622 e. The van der Waals surface area contributed by atoms with Crippen molar-refractivity contribution >= 4 is 24.8 Å². The van der Waals surface area contributed by atoms with Gasteiger partial charge in [0.1, 0.15) is 0 Å². The Bertz CT molecular complexity index is 1490. The molecular formula is C39H26O6PRu2. The molecule has 0 bridgehead atoms. The van der Waals surface area contributed by atoms with E-state index in [2.05, 4.69) is 137 Å². The van der Waals surface area contributed by atoms with E-state index in [1.807, 2.05) is 66.7 Å². The third-order valence-electron chi connectivity index (χ3n) is 5.07. The molecule has 0 saturated heterocycles. The Balaban J connectivity index is -0.000000198. The van der Waals surface area contributed by atoms with Crippen LogP contribution in [0.5, 0.6) is 0 Å². The Labute approximate surface area is 310 Å². The fraction of sp³-hybridized carbons (Fsp3) is 0. The second-order valence-electron chi connectivity index (χ2n) is 7.58. The van der Waals surface area contributed by atoms with Gasteiger partial charge >= 0.3 is 87.3 Å². The van der Waals surface area contributed by atoms with Crippen molar-refractivity contribution in [3.63, 3.8) is 0 Å². The molecule has 0 aliphatic carbocycles. The van der Waals surface area contributed by atoms with Gasteiger partial charge in [-0.3, -0.25) is 0 Å². The molecule has 239 valence electrons. The van der Waals surface area contributed by atoms with Gasteiger partial charge in [-0.25, -0.2) is 5.73 Å². The molecule has 0 spiro atoms. The summed E-state index contributed by atoms with van der Waals surface area (Å²) >= 11 is 0. The molecule has 0 amide bonds. The molecular weight excluding hydrogens is 798 g/mol. The van der Waals surface area contributed by atoms with Gasteiger partial charge in [-0.1, -0.05) is 153 Å². The van der Waals surface area contributed by atoms with Gasteiger partial charge in [0.2, 0.25) is 0 Å². The zero-order valence-corrected chi connectivity index (χ0v) is 29.6. The van der Waals surface area contributed by atoms with Gasteiger partial charge in [-0.05, 0) is 16.2 Å². The summed E-state index contributed by atoms with van der Waals surface area (Å²) < 4.78 is 45.0. The summed E-state index contributed by atoms with van der Waals surface area (Å²) in [5, 5.41) is 2.79. The molecule has 9 heteroatoms. The molecule has 5 aromatic carbocycles. The van der Waals surface area contributed by atoms with E-state index in [9.17, 15) is 0 Å². The average molecular weight is 824 g/mol. The molecule has 0 fully saturated rings. The van der Waals surface area contributed by atoms with E-state index >= 15 is 0 Å². The van der Waals surface area contributed by atoms with Crippen LogP contribution in [-0.2, 0) is 66.9 Å². The Kier molecular flexibility index (Phi) is 47.4. The molecule has 1 radical (unpaired) electrons. The maximum atomic E-state index is 7.50. The van der Waals surface area contributed by atoms with Gasteiger partial charge in [0, 0.05) is 19.5 Å². The molecule has 6 nitrogen and oxygen atoms in total. The molecule has 5 rings (SSSR count). The largest absolute Gasteiger partial charge is 1.00 e. The van der Waals surface area contributed by atoms with E-state index in [1.54, 1.807) is 0 Å². The molecule has 0 atom stereocenters. The molecule has 5 aromatic rings. The van der Waals surface area contributed by atoms with Crippen LogP contribution < -0.4 is 10.6 Å². The fourth-order valence-electron chi connectivity index (χ4n) is 3.39. The van der Waals surface area contributed by atoms with E-state index in [4.69, 9.17) is 27.9 Å². The van der Waals surface area contributed by atoms with Crippen LogP contribution in [0.2, 0.25) is 0 Å². The number of rotatable bonds is 5. The third-order valence-corrected chi connectivity index (χ3v) is 6.31. The van der Waals surface area contributed by atoms with Crippen LogP contribution in [-0.4, -0.2) is 0 Å². The normalized spacial score (nSPS) is 7.17. The molecule has 0 saturated carbocycles. The van der Waals surface area contributed by atoms with Crippen LogP contribution in [0.3, 0.4) is 0 Å². The molecule has 0 aromatic heterocycles. The van der Waals surface area contributed by atoms with Gasteiger partial charge in [0.25, 0.3) is 0 Å². The molecule has 0 heterocycles. The van der Waals surface area contributed by atoms with E-state index < -0.39 is 0 Å². The van der Waals surface area contributed by atoms with Crippen LogP contribution in [0.25, 0.3) is 5.57 Å². The second kappa shape index (κ2) is 42.7. The number of hydrogen-bond acceptors (Lipinski definition) is 0. The number of benzene rings is 5. The average Bonchev–Trinajstić information content (AvgIpc) is 3.19. The second-order valence-corrected chi connectivity index (χ2v) is 8.98. The van der Waals surface area contributed by atoms with Crippen molar-refractivity contribution in [1.29, 1.82) is 0 Å². The minimum absolute atomic E-state index is 0. The molecule has 0 aliphatic rings. The summed E-state index contributed by atoms with van der Waals surface area (Å²) in [6.07, 6.45) is 3.25. The van der Waals surface area contributed by atoms with Gasteiger partial charge in [0.05, 0.1) is 0 Å². The van der Waals surface area contributed by atoms with Crippen molar-refractivity contribution in [2.45, 2.75) is 0 Å². The predicted octanol–water partition coefficient (Wildman–Crippen LogP) is 7.21. The zero-order chi connectivity index (χ0) is 35.3. The minimum atomic E-state index is 0. The first-order chi connectivity index (χ1) is 22.9. The quantitative estimate of drug-likeness (QED) is 0.0586. The van der Waals surface area contributed by atoms with Crippen LogP contribution in [0.1, 0.15) is 16.7 Å². The Morgan fingerprint density at radius 3 is 0.958 bits per heavy atom. The van der Waals surface area contributed by atoms with Crippen LogP contribution in [0.4, 0.5) is 0 Å². The SMILES string of the molecule is C(=[C-]c1ccccc1)=C(c1ccccc1)c1ccccc1.[C-]#[O+].[C-]#[O+].[C-]#[O+].[C-]#[O+].[C-]#[O+].[C-]#[O+].[Ru+].[Ru].c1ccc(Pc2ccccc2)cc1. The molecule has 48 heavy (non-hydrogen) atoms. The van der Waals surface area contributed by atoms with Crippen molar-refractivity contribution in [2.24, 2.45) is 0 Å². The van der Waals surface area contributed by atoms with Gasteiger partial charge < -0.3 is 0 Å². The third kappa shape index (κ3) is 24.9. The Morgan fingerprint density at radius 1 is 0.417 bits per heavy atom. The molecule has 0 unspecified atom stereocenters. The monoisotopic (exact) mass is 825 g/mol. The van der Waals surface area contributed by atoms with Gasteiger partial charge in [-0.2, -0.15) is 0 Å². The zero-order valence-electron chi connectivity index (χ0n) is 25.1. The first kappa shape index (κ1) is 53.2. The summed E-state index contributed by atoms with van der Waals surface area (Å²) in [6.45, 7) is 27.0. The summed E-state index contributed by atoms with van der Waals surface area (Å²) in [5.41, 5.74) is 7.71.